The van der Waals surface area contributed by atoms with Gasteiger partial charge in [-0.1, -0.05) is 6.07 Å². The molecule has 1 heterocycles. The smallest absolute Gasteiger partial charge is 0.408 e. The standard InChI is InChI=1S/C15H22BN3O3/c1-14(2,3)22-13(21)19-15(4,5)12(20)18-11(16)10-8-6-7-9-17-10/h6-9,11H,1-5H3,(H,18,20)(H,19,21). The van der Waals surface area contributed by atoms with Crippen LogP contribution in [-0.4, -0.2) is 36.0 Å². The highest BCUT2D eigenvalue weighted by Crippen LogP contribution is 2.11. The molecule has 1 atom stereocenters. The fraction of sp³-hybridized carbons (Fsp3) is 0.533. The predicted octanol–water partition coefficient (Wildman–Crippen LogP) is 1.67. The van der Waals surface area contributed by atoms with Crippen molar-refractivity contribution in [1.29, 1.82) is 0 Å². The number of ether oxygens (including phenoxy) is 1. The monoisotopic (exact) mass is 303 g/mol. The Morgan fingerprint density at radius 1 is 1.23 bits per heavy atom. The van der Waals surface area contributed by atoms with Crippen LogP contribution in [0.25, 0.3) is 0 Å². The lowest BCUT2D eigenvalue weighted by molar-refractivity contribution is -0.126. The number of pyridine rings is 1. The van der Waals surface area contributed by atoms with Crippen LogP contribution >= 0.6 is 0 Å². The number of alkyl carbamates (subject to hydrolysis) is 1. The van der Waals surface area contributed by atoms with Gasteiger partial charge < -0.3 is 15.4 Å². The van der Waals surface area contributed by atoms with Crippen molar-refractivity contribution in [3.8, 4) is 0 Å². The molecule has 118 valence electrons. The van der Waals surface area contributed by atoms with Crippen LogP contribution in [0.3, 0.4) is 0 Å². The van der Waals surface area contributed by atoms with Crippen LogP contribution in [0.15, 0.2) is 24.4 Å². The molecule has 7 heteroatoms. The summed E-state index contributed by atoms with van der Waals surface area (Å²) in [5.74, 6) is -1.19. The van der Waals surface area contributed by atoms with Crippen LogP contribution < -0.4 is 10.6 Å². The van der Waals surface area contributed by atoms with Gasteiger partial charge in [0.15, 0.2) is 0 Å². The predicted molar refractivity (Wildman–Crippen MR) is 84.3 cm³/mol. The fourth-order valence-corrected chi connectivity index (χ4v) is 1.57. The van der Waals surface area contributed by atoms with E-state index in [1.54, 1.807) is 59.0 Å². The lowest BCUT2D eigenvalue weighted by Gasteiger charge is -2.29. The van der Waals surface area contributed by atoms with Gasteiger partial charge in [0.25, 0.3) is 0 Å². The SMILES string of the molecule is [B]C(NC(=O)C(C)(C)NC(=O)OC(C)(C)C)c1ccccn1. The summed E-state index contributed by atoms with van der Waals surface area (Å²) in [4.78, 5) is 28.1. The minimum atomic E-state index is -1.17. The molecule has 0 fully saturated rings. The largest absolute Gasteiger partial charge is 0.444 e. The molecule has 0 saturated carbocycles. The summed E-state index contributed by atoms with van der Waals surface area (Å²) in [6.07, 6.45) is 0.921. The van der Waals surface area contributed by atoms with Crippen molar-refractivity contribution in [3.05, 3.63) is 30.1 Å². The number of amides is 2. The highest BCUT2D eigenvalue weighted by molar-refractivity contribution is 6.13. The molecule has 0 aliphatic heterocycles. The Bertz CT molecular complexity index is 527. The number of hydrogen-bond donors (Lipinski definition) is 2. The summed E-state index contributed by atoms with van der Waals surface area (Å²) in [7, 11) is 5.89. The summed E-state index contributed by atoms with van der Waals surface area (Å²) >= 11 is 0. The van der Waals surface area contributed by atoms with Gasteiger partial charge in [-0.25, -0.2) is 4.79 Å². The molecule has 1 aromatic heterocycles. The van der Waals surface area contributed by atoms with Gasteiger partial charge in [-0.15, -0.1) is 0 Å². The van der Waals surface area contributed by atoms with Crippen molar-refractivity contribution >= 4 is 19.8 Å². The molecule has 1 aromatic rings. The van der Waals surface area contributed by atoms with Gasteiger partial charge in [0.2, 0.25) is 5.91 Å². The lowest BCUT2D eigenvalue weighted by atomic mass is 9.91. The summed E-state index contributed by atoms with van der Waals surface area (Å²) in [6, 6.07) is 5.24. The Kier molecular flexibility index (Phi) is 5.57. The average molecular weight is 303 g/mol. The maximum absolute atomic E-state index is 12.3. The molecular formula is C15H22BN3O3. The normalized spacial score (nSPS) is 13.1. The van der Waals surface area contributed by atoms with Crippen LogP contribution in [0.1, 0.15) is 46.3 Å². The zero-order valence-electron chi connectivity index (χ0n) is 13.6. The van der Waals surface area contributed by atoms with Crippen molar-refractivity contribution in [2.45, 2.75) is 51.7 Å². The molecule has 0 aliphatic carbocycles. The summed E-state index contributed by atoms with van der Waals surface area (Å²) < 4.78 is 5.14. The average Bonchev–Trinajstić information content (AvgIpc) is 2.36. The third kappa shape index (κ3) is 5.75. The van der Waals surface area contributed by atoms with Gasteiger partial charge in [0.1, 0.15) is 19.0 Å². The first-order chi connectivity index (χ1) is 10.0. The van der Waals surface area contributed by atoms with E-state index in [4.69, 9.17) is 12.6 Å². The van der Waals surface area contributed by atoms with E-state index >= 15 is 0 Å². The van der Waals surface area contributed by atoms with E-state index < -0.39 is 29.1 Å². The Labute approximate surface area is 132 Å². The van der Waals surface area contributed by atoms with Crippen LogP contribution in [-0.2, 0) is 9.53 Å². The van der Waals surface area contributed by atoms with Crippen molar-refractivity contribution in [1.82, 2.24) is 15.6 Å². The molecule has 2 radical (unpaired) electrons. The van der Waals surface area contributed by atoms with E-state index in [9.17, 15) is 9.59 Å². The van der Waals surface area contributed by atoms with Gasteiger partial charge in [-0.05, 0) is 46.8 Å². The Morgan fingerprint density at radius 3 is 2.36 bits per heavy atom. The van der Waals surface area contributed by atoms with Crippen molar-refractivity contribution in [2.75, 3.05) is 0 Å². The first kappa shape index (κ1) is 18.0. The van der Waals surface area contributed by atoms with Crippen LogP contribution in [0.4, 0.5) is 4.79 Å². The molecule has 0 saturated heterocycles. The van der Waals surface area contributed by atoms with Crippen LogP contribution in [0.2, 0.25) is 0 Å². The van der Waals surface area contributed by atoms with Crippen LogP contribution in [0, 0.1) is 0 Å². The van der Waals surface area contributed by atoms with Gasteiger partial charge in [-0.3, -0.25) is 9.78 Å². The Balaban J connectivity index is 2.65. The quantitative estimate of drug-likeness (QED) is 0.829. The number of aromatic nitrogens is 1. The first-order valence-corrected chi connectivity index (χ1v) is 7.00. The minimum Gasteiger partial charge on any atom is -0.444 e. The maximum atomic E-state index is 12.3. The molecule has 0 aliphatic rings. The highest BCUT2D eigenvalue weighted by atomic mass is 16.6. The number of nitrogens with one attached hydrogen (secondary N) is 2. The molecule has 0 spiro atoms. The second-order valence-electron chi connectivity index (χ2n) is 6.46. The van der Waals surface area contributed by atoms with E-state index in [2.05, 4.69) is 15.6 Å². The van der Waals surface area contributed by atoms with Gasteiger partial charge in [-0.2, -0.15) is 0 Å². The molecular weight excluding hydrogens is 281 g/mol. The van der Waals surface area contributed by atoms with Gasteiger partial charge >= 0.3 is 6.09 Å². The zero-order chi connectivity index (χ0) is 17.0. The fourth-order valence-electron chi connectivity index (χ4n) is 1.57. The third-order valence-electron chi connectivity index (χ3n) is 2.67. The number of nitrogens with zero attached hydrogens (tertiary/aromatic N) is 1. The molecule has 0 aromatic carbocycles. The highest BCUT2D eigenvalue weighted by Gasteiger charge is 2.32. The lowest BCUT2D eigenvalue weighted by Crippen LogP contribution is -2.56. The third-order valence-corrected chi connectivity index (χ3v) is 2.67. The second-order valence-corrected chi connectivity index (χ2v) is 6.46. The second kappa shape index (κ2) is 6.81. The number of rotatable bonds is 4. The van der Waals surface area contributed by atoms with Crippen molar-refractivity contribution < 1.29 is 14.3 Å². The number of carbonyl (C=O) groups excluding carboxylic acids is 2. The molecule has 1 unspecified atom stereocenters. The van der Waals surface area contributed by atoms with E-state index in [1.807, 2.05) is 0 Å². The molecule has 2 N–H and O–H groups in total. The molecule has 0 bridgehead atoms. The van der Waals surface area contributed by atoms with Gasteiger partial charge in [0, 0.05) is 12.1 Å². The van der Waals surface area contributed by atoms with Crippen molar-refractivity contribution in [2.24, 2.45) is 0 Å². The molecule has 6 nitrogen and oxygen atoms in total. The Hall–Kier alpha value is -2.05. The topological polar surface area (TPSA) is 80.3 Å². The molecule has 2 amide bonds. The van der Waals surface area contributed by atoms with E-state index in [1.165, 1.54) is 0 Å². The molecule has 22 heavy (non-hydrogen) atoms. The van der Waals surface area contributed by atoms with E-state index in [0.717, 1.165) is 0 Å². The number of carbonyl (C=O) groups is 2. The summed E-state index contributed by atoms with van der Waals surface area (Å²) in [5, 5.41) is 5.13. The van der Waals surface area contributed by atoms with Crippen molar-refractivity contribution in [3.63, 3.8) is 0 Å². The summed E-state index contributed by atoms with van der Waals surface area (Å²) in [5.41, 5.74) is -1.28. The Morgan fingerprint density at radius 2 is 1.86 bits per heavy atom. The van der Waals surface area contributed by atoms with E-state index in [-0.39, 0.29) is 0 Å². The van der Waals surface area contributed by atoms with E-state index in [0.29, 0.717) is 5.69 Å². The number of hydrogen-bond acceptors (Lipinski definition) is 4. The maximum Gasteiger partial charge on any atom is 0.408 e. The summed E-state index contributed by atoms with van der Waals surface area (Å²) in [6.45, 7) is 8.37. The van der Waals surface area contributed by atoms with Crippen LogP contribution in [0.5, 0.6) is 0 Å². The molecule has 1 rings (SSSR count). The zero-order valence-corrected chi connectivity index (χ0v) is 13.6. The first-order valence-electron chi connectivity index (χ1n) is 7.00. The minimum absolute atomic E-state index is 0.434. The van der Waals surface area contributed by atoms with Gasteiger partial charge in [0.05, 0.1) is 5.69 Å².